The number of nitrogens with one attached hydrogen (secondary N) is 1. The van der Waals surface area contributed by atoms with Crippen molar-refractivity contribution in [1.29, 1.82) is 0 Å². The van der Waals surface area contributed by atoms with Gasteiger partial charge in [0.15, 0.2) is 5.78 Å². The van der Waals surface area contributed by atoms with Crippen molar-refractivity contribution in [1.82, 2.24) is 4.90 Å². The molecule has 8 heteroatoms. The number of ether oxygens (including phenoxy) is 1. The minimum absolute atomic E-state index is 0.0218. The van der Waals surface area contributed by atoms with Crippen LogP contribution in [0.25, 0.3) is 6.08 Å². The van der Waals surface area contributed by atoms with Crippen molar-refractivity contribution in [2.45, 2.75) is 6.92 Å². The maximum Gasteiger partial charge on any atom is 0.295 e. The number of ketones is 1. The molecule has 1 saturated heterocycles. The summed E-state index contributed by atoms with van der Waals surface area (Å²) >= 11 is 6.96. The molecule has 0 radical (unpaired) electrons. The number of hydrogen-bond donors (Lipinski definition) is 1. The van der Waals surface area contributed by atoms with Gasteiger partial charge in [-0.25, -0.2) is 0 Å². The van der Waals surface area contributed by atoms with Crippen molar-refractivity contribution in [3.63, 3.8) is 0 Å². The highest BCUT2D eigenvalue weighted by molar-refractivity contribution is 8.18. The van der Waals surface area contributed by atoms with E-state index in [4.69, 9.17) is 16.3 Å². The zero-order chi connectivity index (χ0) is 20.3. The Hall–Kier alpha value is -2.77. The Kier molecular flexibility index (Phi) is 6.06. The lowest BCUT2D eigenvalue weighted by atomic mass is 10.1. The second-order valence-corrected chi connectivity index (χ2v) is 7.37. The molecule has 3 rings (SSSR count). The minimum Gasteiger partial charge on any atom is -0.495 e. The molecule has 0 aliphatic carbocycles. The number of rotatable bonds is 6. The summed E-state index contributed by atoms with van der Waals surface area (Å²) in [5.74, 6) is 0.131. The maximum atomic E-state index is 12.6. The van der Waals surface area contributed by atoms with Crippen molar-refractivity contribution < 1.29 is 19.1 Å². The maximum absolute atomic E-state index is 12.6. The SMILES string of the molecule is COc1ccc(NCN2C(=O)SC(=Cc3ccc(C(C)=O)cc3)C2=O)cc1Cl. The largest absolute Gasteiger partial charge is 0.495 e. The van der Waals surface area contributed by atoms with E-state index >= 15 is 0 Å². The quantitative estimate of drug-likeness (QED) is 0.545. The van der Waals surface area contributed by atoms with E-state index in [-0.39, 0.29) is 23.6 Å². The first-order chi connectivity index (χ1) is 13.4. The van der Waals surface area contributed by atoms with Gasteiger partial charge < -0.3 is 10.1 Å². The first-order valence-electron chi connectivity index (χ1n) is 8.33. The zero-order valence-corrected chi connectivity index (χ0v) is 16.8. The van der Waals surface area contributed by atoms with Crippen LogP contribution in [-0.4, -0.2) is 35.6 Å². The number of nitrogens with zero attached hydrogens (tertiary/aromatic N) is 1. The Morgan fingerprint density at radius 1 is 1.21 bits per heavy atom. The van der Waals surface area contributed by atoms with Crippen molar-refractivity contribution in [3.05, 3.63) is 63.5 Å². The molecule has 0 spiro atoms. The fourth-order valence-corrected chi connectivity index (χ4v) is 3.64. The number of anilines is 1. The standard InChI is InChI=1S/C20H17ClN2O4S/c1-12(24)14-5-3-13(4-6-14)9-18-19(25)23(20(26)28-18)11-22-15-7-8-17(27-2)16(21)10-15/h3-10,22H,11H2,1-2H3. The average molecular weight is 417 g/mol. The van der Waals surface area contributed by atoms with Crippen molar-refractivity contribution >= 4 is 52.1 Å². The van der Waals surface area contributed by atoms with Gasteiger partial charge in [0.05, 0.1) is 23.7 Å². The molecule has 2 aromatic rings. The Labute approximate surface area is 171 Å². The number of amides is 2. The van der Waals surface area contributed by atoms with E-state index in [0.717, 1.165) is 22.2 Å². The smallest absolute Gasteiger partial charge is 0.295 e. The van der Waals surface area contributed by atoms with Crippen LogP contribution in [0.1, 0.15) is 22.8 Å². The Balaban J connectivity index is 1.69. The van der Waals surface area contributed by atoms with E-state index in [1.165, 1.54) is 14.0 Å². The van der Waals surface area contributed by atoms with Gasteiger partial charge in [-0.2, -0.15) is 0 Å². The summed E-state index contributed by atoms with van der Waals surface area (Å²) in [6, 6.07) is 12.0. The summed E-state index contributed by atoms with van der Waals surface area (Å²) in [5.41, 5.74) is 1.99. The number of carbonyl (C=O) groups excluding carboxylic acids is 3. The third-order valence-corrected chi connectivity index (χ3v) is 5.28. The van der Waals surface area contributed by atoms with Crippen LogP contribution < -0.4 is 10.1 Å². The second kappa shape index (κ2) is 8.50. The predicted molar refractivity (Wildman–Crippen MR) is 111 cm³/mol. The molecule has 144 valence electrons. The molecule has 1 fully saturated rings. The van der Waals surface area contributed by atoms with Crippen molar-refractivity contribution in [2.24, 2.45) is 0 Å². The normalized spacial score (nSPS) is 15.2. The first-order valence-corrected chi connectivity index (χ1v) is 9.52. The predicted octanol–water partition coefficient (Wildman–Crippen LogP) is 4.66. The van der Waals surface area contributed by atoms with Crippen molar-refractivity contribution in [3.8, 4) is 5.75 Å². The summed E-state index contributed by atoms with van der Waals surface area (Å²) in [6.07, 6.45) is 1.64. The number of benzene rings is 2. The highest BCUT2D eigenvalue weighted by atomic mass is 35.5. The molecule has 1 aliphatic rings. The molecule has 2 aromatic carbocycles. The van der Waals surface area contributed by atoms with Gasteiger partial charge in [0.25, 0.3) is 11.1 Å². The number of hydrogen-bond acceptors (Lipinski definition) is 6. The van der Waals surface area contributed by atoms with Crippen LogP contribution in [0, 0.1) is 0 Å². The number of imide groups is 1. The summed E-state index contributed by atoms with van der Waals surface area (Å²) in [4.78, 5) is 37.6. The molecule has 1 aliphatic heterocycles. The van der Waals surface area contributed by atoms with E-state index in [9.17, 15) is 14.4 Å². The Morgan fingerprint density at radius 3 is 2.54 bits per heavy atom. The van der Waals surface area contributed by atoms with E-state index < -0.39 is 0 Å². The van der Waals surface area contributed by atoms with Gasteiger partial charge in [-0.3, -0.25) is 19.3 Å². The van der Waals surface area contributed by atoms with E-state index in [1.54, 1.807) is 48.5 Å². The monoisotopic (exact) mass is 416 g/mol. The van der Waals surface area contributed by atoms with E-state index in [1.807, 2.05) is 0 Å². The highest BCUT2D eigenvalue weighted by Crippen LogP contribution is 2.32. The number of thioether (sulfide) groups is 1. The van der Waals surface area contributed by atoms with Gasteiger partial charge in [-0.05, 0) is 48.5 Å². The van der Waals surface area contributed by atoms with Gasteiger partial charge in [0.2, 0.25) is 0 Å². The van der Waals surface area contributed by atoms with Crippen LogP contribution in [0.4, 0.5) is 10.5 Å². The lowest BCUT2D eigenvalue weighted by Gasteiger charge is -2.15. The average Bonchev–Trinajstić information content (AvgIpc) is 2.93. The Bertz CT molecular complexity index is 973. The lowest BCUT2D eigenvalue weighted by Crippen LogP contribution is -2.33. The summed E-state index contributed by atoms with van der Waals surface area (Å²) in [5, 5.41) is 3.08. The summed E-state index contributed by atoms with van der Waals surface area (Å²) < 4.78 is 5.10. The molecule has 6 nitrogen and oxygen atoms in total. The van der Waals surface area contributed by atoms with Crippen LogP contribution in [-0.2, 0) is 4.79 Å². The minimum atomic E-state index is -0.377. The molecule has 0 bridgehead atoms. The summed E-state index contributed by atoms with van der Waals surface area (Å²) in [7, 11) is 1.52. The molecule has 0 saturated carbocycles. The molecule has 0 aromatic heterocycles. The third kappa shape index (κ3) is 4.37. The highest BCUT2D eigenvalue weighted by Gasteiger charge is 2.34. The molecule has 1 heterocycles. The Morgan fingerprint density at radius 2 is 1.93 bits per heavy atom. The molecule has 0 atom stereocenters. The van der Waals surface area contributed by atoms with Crippen LogP contribution in [0.2, 0.25) is 5.02 Å². The number of methoxy groups -OCH3 is 1. The fraction of sp³-hybridized carbons (Fsp3) is 0.150. The molecule has 2 amide bonds. The van der Waals surface area contributed by atoms with Gasteiger partial charge in [0, 0.05) is 11.3 Å². The first kappa shape index (κ1) is 20.0. The summed E-state index contributed by atoms with van der Waals surface area (Å²) in [6.45, 7) is 1.51. The van der Waals surface area contributed by atoms with Gasteiger partial charge in [-0.1, -0.05) is 35.9 Å². The van der Waals surface area contributed by atoms with Gasteiger partial charge >= 0.3 is 0 Å². The van der Waals surface area contributed by atoms with Crippen molar-refractivity contribution in [2.75, 3.05) is 19.1 Å². The molecule has 0 unspecified atom stereocenters. The van der Waals surface area contributed by atoms with E-state index in [2.05, 4.69) is 5.32 Å². The molecule has 1 N–H and O–H groups in total. The molecule has 28 heavy (non-hydrogen) atoms. The number of carbonyl (C=O) groups is 3. The topological polar surface area (TPSA) is 75.7 Å². The second-order valence-electron chi connectivity index (χ2n) is 5.97. The van der Waals surface area contributed by atoms with Gasteiger partial charge in [0.1, 0.15) is 5.75 Å². The lowest BCUT2D eigenvalue weighted by molar-refractivity contribution is -0.122. The van der Waals surface area contributed by atoms with Crippen LogP contribution in [0.15, 0.2) is 47.4 Å². The molecular formula is C20H17ClN2O4S. The van der Waals surface area contributed by atoms with E-state index in [0.29, 0.717) is 26.9 Å². The molecular weight excluding hydrogens is 400 g/mol. The third-order valence-electron chi connectivity index (χ3n) is 4.08. The number of halogens is 1. The van der Waals surface area contributed by atoms with Crippen LogP contribution in [0.5, 0.6) is 5.75 Å². The number of Topliss-reactive ketones (excluding diaryl/α,β-unsaturated/α-hetero) is 1. The zero-order valence-electron chi connectivity index (χ0n) is 15.2. The van der Waals surface area contributed by atoms with Crippen LogP contribution in [0.3, 0.4) is 0 Å². The van der Waals surface area contributed by atoms with Gasteiger partial charge in [-0.15, -0.1) is 0 Å². The fourth-order valence-electron chi connectivity index (χ4n) is 2.55. The van der Waals surface area contributed by atoms with Crippen LogP contribution >= 0.6 is 23.4 Å².